The second-order valence-corrected chi connectivity index (χ2v) is 9.06. The molecule has 0 saturated heterocycles. The van der Waals surface area contributed by atoms with Crippen molar-refractivity contribution in [3.05, 3.63) is 79.3 Å². The Kier molecular flexibility index (Phi) is 6.40. The SMILES string of the molecule is Cc1cc([C@@H](C)Nc2ccc(Cl)nc2-c2noc(=O)[nH]2)c2oc(-c3cnn(CCO)c3)c(C)c(=O)c2c1. The average Bonchev–Trinajstić information content (AvgIpc) is 3.51. The number of aromatic nitrogens is 5. The normalized spacial score (nSPS) is 12.2. The molecule has 1 atom stereocenters. The van der Waals surface area contributed by atoms with Crippen molar-refractivity contribution in [1.29, 1.82) is 0 Å². The number of aromatic amines is 1. The lowest BCUT2D eigenvalue weighted by Crippen LogP contribution is -2.13. The second-order valence-electron chi connectivity index (χ2n) is 8.67. The predicted octanol–water partition coefficient (Wildman–Crippen LogP) is 3.83. The molecule has 4 aromatic heterocycles. The van der Waals surface area contributed by atoms with Crippen LogP contribution in [0.5, 0.6) is 0 Å². The summed E-state index contributed by atoms with van der Waals surface area (Å²) in [5.74, 6) is -0.180. The van der Waals surface area contributed by atoms with Gasteiger partial charge in [0, 0.05) is 17.3 Å². The van der Waals surface area contributed by atoms with Crippen LogP contribution < -0.4 is 16.5 Å². The quantitative estimate of drug-likeness (QED) is 0.271. The topological polar surface area (TPSA) is 152 Å². The van der Waals surface area contributed by atoms with E-state index >= 15 is 0 Å². The summed E-state index contributed by atoms with van der Waals surface area (Å²) in [4.78, 5) is 31.7. The highest BCUT2D eigenvalue weighted by Crippen LogP contribution is 2.34. The van der Waals surface area contributed by atoms with E-state index in [1.807, 2.05) is 19.9 Å². The first-order valence-corrected chi connectivity index (χ1v) is 11.8. The molecule has 0 unspecified atom stereocenters. The molecule has 0 aliphatic heterocycles. The summed E-state index contributed by atoms with van der Waals surface area (Å²) in [7, 11) is 0. The van der Waals surface area contributed by atoms with Crippen molar-refractivity contribution < 1.29 is 14.0 Å². The van der Waals surface area contributed by atoms with Crippen LogP contribution in [0.25, 0.3) is 33.8 Å². The smallest absolute Gasteiger partial charge is 0.439 e. The molecule has 4 heterocycles. The molecule has 0 radical (unpaired) electrons. The number of hydrogen-bond donors (Lipinski definition) is 3. The molecule has 0 saturated carbocycles. The van der Waals surface area contributed by atoms with Gasteiger partial charge in [-0.3, -0.25) is 19.0 Å². The maximum Gasteiger partial charge on any atom is 0.439 e. The Hall–Kier alpha value is -4.22. The van der Waals surface area contributed by atoms with Crippen molar-refractivity contribution in [1.82, 2.24) is 24.9 Å². The highest BCUT2D eigenvalue weighted by atomic mass is 35.5. The maximum absolute atomic E-state index is 13.4. The van der Waals surface area contributed by atoms with E-state index in [2.05, 4.69) is 30.1 Å². The summed E-state index contributed by atoms with van der Waals surface area (Å²) in [6, 6.07) is 6.71. The Morgan fingerprint density at radius 2 is 2.05 bits per heavy atom. The third-order valence-corrected chi connectivity index (χ3v) is 6.19. The standard InChI is InChI=1S/C25H23ClN6O5/c1-12-8-16(14(3)28-18-4-5-19(26)29-20(18)24-30-25(35)37-31-24)23-17(9-12)21(34)13(2)22(36-23)15-10-27-32(11-15)6-7-33/h4-5,8-11,14,28,33H,6-7H2,1-3H3,(H,30,31,35)/t14-/m1/s1. The molecule has 3 N–H and O–H groups in total. The number of pyridine rings is 1. The van der Waals surface area contributed by atoms with Crippen molar-refractivity contribution in [2.75, 3.05) is 11.9 Å². The summed E-state index contributed by atoms with van der Waals surface area (Å²) in [6.07, 6.45) is 3.33. The van der Waals surface area contributed by atoms with Gasteiger partial charge in [-0.2, -0.15) is 5.10 Å². The number of aliphatic hydroxyl groups is 1. The molecule has 12 heteroatoms. The molecule has 1 aromatic carbocycles. The van der Waals surface area contributed by atoms with Crippen LogP contribution >= 0.6 is 11.6 Å². The number of H-pyrrole nitrogens is 1. The largest absolute Gasteiger partial charge is 0.455 e. The number of anilines is 1. The van der Waals surface area contributed by atoms with Crippen molar-refractivity contribution >= 4 is 28.3 Å². The number of aryl methyl sites for hydroxylation is 1. The minimum absolute atomic E-state index is 0.0574. The fourth-order valence-electron chi connectivity index (χ4n) is 4.25. The van der Waals surface area contributed by atoms with Crippen LogP contribution in [0.15, 0.2) is 55.2 Å². The molecular formula is C25H23ClN6O5. The van der Waals surface area contributed by atoms with Crippen molar-refractivity contribution in [2.45, 2.75) is 33.4 Å². The van der Waals surface area contributed by atoms with Gasteiger partial charge in [0.15, 0.2) is 5.43 Å². The van der Waals surface area contributed by atoms with Gasteiger partial charge in [-0.1, -0.05) is 22.8 Å². The lowest BCUT2D eigenvalue weighted by molar-refractivity contribution is 0.269. The first-order valence-electron chi connectivity index (χ1n) is 11.5. The van der Waals surface area contributed by atoms with E-state index in [0.29, 0.717) is 45.8 Å². The summed E-state index contributed by atoms with van der Waals surface area (Å²) < 4.78 is 12.6. The van der Waals surface area contributed by atoms with Gasteiger partial charge in [-0.15, -0.1) is 0 Å². The zero-order valence-electron chi connectivity index (χ0n) is 20.2. The van der Waals surface area contributed by atoms with E-state index in [1.54, 1.807) is 42.2 Å². The van der Waals surface area contributed by atoms with Crippen molar-refractivity contribution in [3.63, 3.8) is 0 Å². The molecular weight excluding hydrogens is 500 g/mol. The van der Waals surface area contributed by atoms with E-state index < -0.39 is 5.76 Å². The van der Waals surface area contributed by atoms with Gasteiger partial charge in [-0.05, 0) is 44.5 Å². The summed E-state index contributed by atoms with van der Waals surface area (Å²) >= 11 is 6.10. The fraction of sp³-hybridized carbons (Fsp3) is 0.240. The first-order chi connectivity index (χ1) is 17.7. The monoisotopic (exact) mass is 522 g/mol. The van der Waals surface area contributed by atoms with Crippen molar-refractivity contribution in [3.8, 4) is 22.8 Å². The van der Waals surface area contributed by atoms with Crippen LogP contribution in [0.3, 0.4) is 0 Å². The number of benzene rings is 1. The first kappa shape index (κ1) is 24.5. The summed E-state index contributed by atoms with van der Waals surface area (Å²) in [5.41, 5.74) is 3.87. The average molecular weight is 523 g/mol. The Morgan fingerprint density at radius 1 is 1.24 bits per heavy atom. The number of halogens is 1. The number of rotatable bonds is 7. The van der Waals surface area contributed by atoms with Crippen LogP contribution in [0.2, 0.25) is 5.15 Å². The Labute approximate surface area is 214 Å². The molecule has 190 valence electrons. The predicted molar refractivity (Wildman–Crippen MR) is 138 cm³/mol. The van der Waals surface area contributed by atoms with Crippen LogP contribution in [0, 0.1) is 13.8 Å². The van der Waals surface area contributed by atoms with Gasteiger partial charge < -0.3 is 14.8 Å². The molecule has 0 fully saturated rings. The van der Waals surface area contributed by atoms with Gasteiger partial charge in [0.1, 0.15) is 22.2 Å². The number of fused-ring (bicyclic) bond motifs is 1. The van der Waals surface area contributed by atoms with Crippen LogP contribution in [0.4, 0.5) is 5.69 Å². The molecule has 5 aromatic rings. The van der Waals surface area contributed by atoms with E-state index in [9.17, 15) is 14.7 Å². The number of nitrogens with zero attached hydrogens (tertiary/aromatic N) is 4. The molecule has 0 amide bonds. The molecule has 0 bridgehead atoms. The van der Waals surface area contributed by atoms with Gasteiger partial charge in [0.05, 0.1) is 42.0 Å². The summed E-state index contributed by atoms with van der Waals surface area (Å²) in [5, 5.41) is 21.2. The number of hydrogen-bond acceptors (Lipinski definition) is 9. The lowest BCUT2D eigenvalue weighted by atomic mass is 9.99. The molecule has 0 aliphatic carbocycles. The van der Waals surface area contributed by atoms with Gasteiger partial charge in [0.2, 0.25) is 5.82 Å². The molecule has 0 spiro atoms. The van der Waals surface area contributed by atoms with E-state index in [-0.39, 0.29) is 29.1 Å². The molecule has 37 heavy (non-hydrogen) atoms. The van der Waals surface area contributed by atoms with E-state index in [0.717, 1.165) is 11.1 Å². The summed E-state index contributed by atoms with van der Waals surface area (Å²) in [6.45, 7) is 5.82. The van der Waals surface area contributed by atoms with Crippen molar-refractivity contribution in [2.24, 2.45) is 0 Å². The van der Waals surface area contributed by atoms with Gasteiger partial charge >= 0.3 is 5.76 Å². The third-order valence-electron chi connectivity index (χ3n) is 5.98. The lowest BCUT2D eigenvalue weighted by Gasteiger charge is -2.19. The van der Waals surface area contributed by atoms with Crippen LogP contribution in [-0.2, 0) is 6.54 Å². The zero-order valence-corrected chi connectivity index (χ0v) is 21.0. The zero-order chi connectivity index (χ0) is 26.3. The number of aliphatic hydroxyl groups excluding tert-OH is 1. The minimum Gasteiger partial charge on any atom is -0.455 e. The Morgan fingerprint density at radius 3 is 2.78 bits per heavy atom. The van der Waals surface area contributed by atoms with E-state index in [1.165, 1.54) is 0 Å². The van der Waals surface area contributed by atoms with Crippen LogP contribution in [-0.4, -0.2) is 36.6 Å². The highest BCUT2D eigenvalue weighted by molar-refractivity contribution is 6.29. The third kappa shape index (κ3) is 4.66. The highest BCUT2D eigenvalue weighted by Gasteiger charge is 2.21. The fourth-order valence-corrected chi connectivity index (χ4v) is 4.39. The molecule has 5 rings (SSSR count). The Bertz CT molecular complexity index is 1730. The van der Waals surface area contributed by atoms with Crippen LogP contribution in [0.1, 0.15) is 29.7 Å². The Balaban J connectivity index is 1.62. The molecule has 11 nitrogen and oxygen atoms in total. The minimum atomic E-state index is -0.715. The van der Waals surface area contributed by atoms with Gasteiger partial charge in [0.25, 0.3) is 0 Å². The van der Waals surface area contributed by atoms with Gasteiger partial charge in [-0.25, -0.2) is 9.78 Å². The maximum atomic E-state index is 13.4. The van der Waals surface area contributed by atoms with E-state index in [4.69, 9.17) is 16.0 Å². The number of nitrogens with one attached hydrogen (secondary N) is 2. The second kappa shape index (κ2) is 9.68. The molecule has 0 aliphatic rings.